The molecule has 0 bridgehead atoms. The number of aryl methyl sites for hydroxylation is 2. The highest BCUT2D eigenvalue weighted by molar-refractivity contribution is 5.62. The third-order valence-corrected chi connectivity index (χ3v) is 3.19. The van der Waals surface area contributed by atoms with Gasteiger partial charge in [0.15, 0.2) is 0 Å². The Bertz CT molecular complexity index is 636. The van der Waals surface area contributed by atoms with E-state index in [-0.39, 0.29) is 5.82 Å². The Morgan fingerprint density at radius 1 is 1.19 bits per heavy atom. The topological polar surface area (TPSA) is 63.2 Å². The first-order valence-electron chi connectivity index (χ1n) is 8.68. The summed E-state index contributed by atoms with van der Waals surface area (Å²) in [6.45, 7) is 9.23. The average Bonchev–Trinajstić information content (AvgIpc) is 2.65. The average molecular weight is 363 g/mol. The van der Waals surface area contributed by atoms with Crippen LogP contribution in [0.5, 0.6) is 0 Å². The summed E-state index contributed by atoms with van der Waals surface area (Å²) < 4.78 is 18.3. The Balaban J connectivity index is 0.000000533. The normalized spacial score (nSPS) is 9.15. The molecular weight excluding hydrogens is 333 g/mol. The van der Waals surface area contributed by atoms with Crippen LogP contribution in [-0.2, 0) is 9.53 Å². The molecule has 0 aliphatic carbocycles. The number of ether oxygens (including phenoxy) is 1. The molecular formula is C20H30FN3O2. The number of carbonyl (C=O) groups excluding carboxylic acids is 1. The summed E-state index contributed by atoms with van der Waals surface area (Å²) >= 11 is 0. The fourth-order valence-corrected chi connectivity index (χ4v) is 1.84. The third-order valence-electron chi connectivity index (χ3n) is 3.19. The van der Waals surface area contributed by atoms with Crippen LogP contribution in [0.1, 0.15) is 31.4 Å². The first-order chi connectivity index (χ1) is 12.6. The van der Waals surface area contributed by atoms with Crippen molar-refractivity contribution in [2.24, 2.45) is 0 Å². The monoisotopic (exact) mass is 363 g/mol. The quantitative estimate of drug-likeness (QED) is 0.566. The largest absolute Gasteiger partial charge is 0.385 e. The van der Waals surface area contributed by atoms with E-state index in [1.54, 1.807) is 25.6 Å². The van der Waals surface area contributed by atoms with Gasteiger partial charge < -0.3 is 15.4 Å². The van der Waals surface area contributed by atoms with Gasteiger partial charge >= 0.3 is 0 Å². The smallest absolute Gasteiger partial charge is 0.207 e. The van der Waals surface area contributed by atoms with E-state index in [9.17, 15) is 9.18 Å². The number of benzene rings is 1. The van der Waals surface area contributed by atoms with Crippen LogP contribution in [0.15, 0.2) is 36.7 Å². The summed E-state index contributed by atoms with van der Waals surface area (Å²) in [4.78, 5) is 13.6. The predicted octanol–water partition coefficient (Wildman–Crippen LogP) is 4.38. The van der Waals surface area contributed by atoms with Crippen LogP contribution in [0.25, 0.3) is 0 Å². The minimum absolute atomic E-state index is 0.247. The molecule has 0 atom stereocenters. The van der Waals surface area contributed by atoms with Gasteiger partial charge in [0.2, 0.25) is 6.41 Å². The maximum Gasteiger partial charge on any atom is 0.207 e. The SMILES string of the molecule is CC.COCCCNC=O.Cc1ccc(Nc2cnccc2C)c(F)c1. The number of anilines is 2. The molecule has 0 unspecified atom stereocenters. The number of methoxy groups -OCH3 is 1. The molecule has 2 aromatic rings. The summed E-state index contributed by atoms with van der Waals surface area (Å²) in [6.07, 6.45) is 4.98. The van der Waals surface area contributed by atoms with Crippen LogP contribution in [0.2, 0.25) is 0 Å². The van der Waals surface area contributed by atoms with Crippen molar-refractivity contribution in [1.29, 1.82) is 0 Å². The van der Waals surface area contributed by atoms with Crippen molar-refractivity contribution in [2.75, 3.05) is 25.6 Å². The highest BCUT2D eigenvalue weighted by Gasteiger charge is 2.04. The minimum Gasteiger partial charge on any atom is -0.385 e. The Morgan fingerprint density at radius 2 is 1.92 bits per heavy atom. The van der Waals surface area contributed by atoms with Gasteiger partial charge in [-0.1, -0.05) is 19.9 Å². The molecule has 0 radical (unpaired) electrons. The minimum atomic E-state index is -0.247. The van der Waals surface area contributed by atoms with Crippen molar-refractivity contribution in [2.45, 2.75) is 34.1 Å². The zero-order valence-electron chi connectivity index (χ0n) is 16.3. The van der Waals surface area contributed by atoms with Crippen molar-refractivity contribution in [3.05, 3.63) is 53.6 Å². The van der Waals surface area contributed by atoms with Gasteiger partial charge in [0.25, 0.3) is 0 Å². The van der Waals surface area contributed by atoms with Crippen LogP contribution < -0.4 is 10.6 Å². The molecule has 6 heteroatoms. The number of rotatable bonds is 7. The number of halogens is 1. The third kappa shape index (κ3) is 9.74. The highest BCUT2D eigenvalue weighted by Crippen LogP contribution is 2.22. The van der Waals surface area contributed by atoms with Gasteiger partial charge in [0.1, 0.15) is 5.82 Å². The Labute approximate surface area is 156 Å². The molecule has 1 aromatic carbocycles. The maximum atomic E-state index is 13.6. The van der Waals surface area contributed by atoms with Gasteiger partial charge in [-0.05, 0) is 49.6 Å². The van der Waals surface area contributed by atoms with E-state index in [2.05, 4.69) is 15.6 Å². The number of aromatic nitrogens is 1. The second-order valence-corrected chi connectivity index (χ2v) is 5.22. The van der Waals surface area contributed by atoms with E-state index in [0.29, 0.717) is 25.2 Å². The maximum absolute atomic E-state index is 13.6. The van der Waals surface area contributed by atoms with Gasteiger partial charge in [0, 0.05) is 26.5 Å². The molecule has 26 heavy (non-hydrogen) atoms. The highest BCUT2D eigenvalue weighted by atomic mass is 19.1. The number of hydrogen-bond donors (Lipinski definition) is 2. The second kappa shape index (κ2) is 14.8. The van der Waals surface area contributed by atoms with Gasteiger partial charge in [-0.15, -0.1) is 0 Å². The zero-order valence-corrected chi connectivity index (χ0v) is 16.3. The second-order valence-electron chi connectivity index (χ2n) is 5.22. The molecule has 1 heterocycles. The number of hydrogen-bond acceptors (Lipinski definition) is 4. The fraction of sp³-hybridized carbons (Fsp3) is 0.400. The van der Waals surface area contributed by atoms with E-state index in [1.807, 2.05) is 39.8 Å². The zero-order chi connectivity index (χ0) is 19.8. The van der Waals surface area contributed by atoms with E-state index >= 15 is 0 Å². The molecule has 0 fully saturated rings. The van der Waals surface area contributed by atoms with Gasteiger partial charge in [-0.2, -0.15) is 0 Å². The number of nitrogens with zero attached hydrogens (tertiary/aromatic N) is 1. The Kier molecular flexibility index (Phi) is 13.4. The molecule has 0 saturated heterocycles. The first kappa shape index (κ1) is 23.5. The first-order valence-corrected chi connectivity index (χ1v) is 8.68. The van der Waals surface area contributed by atoms with Gasteiger partial charge in [-0.25, -0.2) is 4.39 Å². The molecule has 0 spiro atoms. The van der Waals surface area contributed by atoms with Gasteiger partial charge in [-0.3, -0.25) is 9.78 Å². The van der Waals surface area contributed by atoms with Crippen molar-refractivity contribution < 1.29 is 13.9 Å². The molecule has 2 rings (SSSR count). The van der Waals surface area contributed by atoms with Crippen LogP contribution >= 0.6 is 0 Å². The van der Waals surface area contributed by atoms with E-state index in [1.165, 1.54) is 6.07 Å². The summed E-state index contributed by atoms with van der Waals surface area (Å²) in [5.74, 6) is -0.247. The molecule has 1 amide bonds. The fourth-order valence-electron chi connectivity index (χ4n) is 1.84. The molecule has 0 saturated carbocycles. The standard InChI is InChI=1S/C13H13FN2.C5H11NO2.C2H6/c1-9-3-4-12(11(14)7-9)16-13-8-15-6-5-10(13)2;1-8-4-2-3-6-5-7;1-2/h3-8,16H,1-2H3;5H,2-4H2,1H3,(H,6,7);1-2H3. The van der Waals surface area contributed by atoms with Crippen molar-refractivity contribution in [3.8, 4) is 0 Å². The molecule has 144 valence electrons. The van der Waals surface area contributed by atoms with E-state index < -0.39 is 0 Å². The number of amides is 1. The Morgan fingerprint density at radius 3 is 2.50 bits per heavy atom. The van der Waals surface area contributed by atoms with E-state index in [0.717, 1.165) is 23.2 Å². The summed E-state index contributed by atoms with van der Waals surface area (Å²) in [5.41, 5.74) is 3.24. The van der Waals surface area contributed by atoms with Crippen LogP contribution in [-0.4, -0.2) is 31.7 Å². The van der Waals surface area contributed by atoms with Crippen molar-refractivity contribution >= 4 is 17.8 Å². The summed E-state index contributed by atoms with van der Waals surface area (Å²) in [5, 5.41) is 5.55. The molecule has 1 aromatic heterocycles. The summed E-state index contributed by atoms with van der Waals surface area (Å²) in [6, 6.07) is 7.00. The predicted molar refractivity (Wildman–Crippen MR) is 105 cm³/mol. The van der Waals surface area contributed by atoms with Crippen molar-refractivity contribution in [3.63, 3.8) is 0 Å². The lowest BCUT2D eigenvalue weighted by molar-refractivity contribution is -0.109. The molecule has 5 nitrogen and oxygen atoms in total. The molecule has 2 N–H and O–H groups in total. The molecule has 0 aliphatic rings. The van der Waals surface area contributed by atoms with Crippen LogP contribution in [0, 0.1) is 19.7 Å². The van der Waals surface area contributed by atoms with E-state index in [4.69, 9.17) is 4.74 Å². The Hall–Kier alpha value is -2.47. The number of nitrogens with one attached hydrogen (secondary N) is 2. The lowest BCUT2D eigenvalue weighted by Gasteiger charge is -2.09. The van der Waals surface area contributed by atoms with Crippen LogP contribution in [0.3, 0.4) is 0 Å². The number of carbonyl (C=O) groups is 1. The lowest BCUT2D eigenvalue weighted by atomic mass is 10.2. The van der Waals surface area contributed by atoms with Gasteiger partial charge in [0.05, 0.1) is 17.6 Å². The summed E-state index contributed by atoms with van der Waals surface area (Å²) in [7, 11) is 1.64. The number of pyridine rings is 1. The van der Waals surface area contributed by atoms with Crippen molar-refractivity contribution in [1.82, 2.24) is 10.3 Å². The van der Waals surface area contributed by atoms with Crippen LogP contribution in [0.4, 0.5) is 15.8 Å². The lowest BCUT2D eigenvalue weighted by Crippen LogP contribution is -2.13. The molecule has 0 aliphatic heterocycles.